The van der Waals surface area contributed by atoms with Crippen LogP contribution in [0.15, 0.2) is 47.5 Å². The Morgan fingerprint density at radius 1 is 1.08 bits per heavy atom. The second-order valence-corrected chi connectivity index (χ2v) is 5.16. The molecule has 0 aliphatic heterocycles. The van der Waals surface area contributed by atoms with Crippen molar-refractivity contribution in [2.45, 2.75) is 13.8 Å². The van der Waals surface area contributed by atoms with E-state index in [0.717, 1.165) is 28.3 Å². The van der Waals surface area contributed by atoms with Crippen molar-refractivity contribution >= 4 is 35.6 Å². The predicted octanol–water partition coefficient (Wildman–Crippen LogP) is 3.74. The van der Waals surface area contributed by atoms with Gasteiger partial charge in [-0.15, -0.1) is 24.0 Å². The second kappa shape index (κ2) is 10.0. The SMILES string of the molecule is COc1ccccc1NC(N)=NCCOc1c(C)cccc1C.I. The average Bonchev–Trinajstić information content (AvgIpc) is 2.54. The number of nitrogens with zero attached hydrogens (tertiary/aromatic N) is 1. The molecule has 6 heteroatoms. The summed E-state index contributed by atoms with van der Waals surface area (Å²) in [6.45, 7) is 5.01. The van der Waals surface area contributed by atoms with E-state index in [-0.39, 0.29) is 24.0 Å². The quantitative estimate of drug-likeness (QED) is 0.310. The number of aliphatic imine (C=N–C) groups is 1. The zero-order chi connectivity index (χ0) is 16.7. The summed E-state index contributed by atoms with van der Waals surface area (Å²) in [5.74, 6) is 1.97. The molecule has 24 heavy (non-hydrogen) atoms. The lowest BCUT2D eigenvalue weighted by Crippen LogP contribution is -2.24. The van der Waals surface area contributed by atoms with Crippen molar-refractivity contribution in [2.75, 3.05) is 25.6 Å². The molecule has 3 N–H and O–H groups in total. The standard InChI is InChI=1S/C18H23N3O2.HI/c1-13-7-6-8-14(2)17(13)23-12-11-20-18(19)21-15-9-4-5-10-16(15)22-3;/h4-10H,11-12H2,1-3H3,(H3,19,20,21);1H. The van der Waals surface area contributed by atoms with Gasteiger partial charge in [0.2, 0.25) is 0 Å². The monoisotopic (exact) mass is 441 g/mol. The molecule has 0 amide bonds. The number of rotatable bonds is 6. The first-order valence-electron chi connectivity index (χ1n) is 7.51. The highest BCUT2D eigenvalue weighted by molar-refractivity contribution is 14.0. The van der Waals surface area contributed by atoms with Crippen molar-refractivity contribution in [3.63, 3.8) is 0 Å². The van der Waals surface area contributed by atoms with Gasteiger partial charge in [-0.3, -0.25) is 0 Å². The fourth-order valence-electron chi connectivity index (χ4n) is 2.27. The van der Waals surface area contributed by atoms with E-state index in [1.165, 1.54) is 0 Å². The normalized spacial score (nSPS) is 10.7. The minimum absolute atomic E-state index is 0. The van der Waals surface area contributed by atoms with Crippen LogP contribution in [0.3, 0.4) is 0 Å². The molecule has 2 aromatic carbocycles. The first kappa shape index (κ1) is 20.1. The van der Waals surface area contributed by atoms with E-state index in [2.05, 4.69) is 10.3 Å². The van der Waals surface area contributed by atoms with Crippen LogP contribution < -0.4 is 20.5 Å². The van der Waals surface area contributed by atoms with E-state index in [4.69, 9.17) is 15.2 Å². The molecule has 0 radical (unpaired) electrons. The van der Waals surface area contributed by atoms with Gasteiger partial charge < -0.3 is 20.5 Å². The number of nitrogens with two attached hydrogens (primary N) is 1. The zero-order valence-electron chi connectivity index (χ0n) is 14.2. The molecule has 2 aromatic rings. The van der Waals surface area contributed by atoms with Crippen LogP contribution in [-0.2, 0) is 0 Å². The smallest absolute Gasteiger partial charge is 0.193 e. The summed E-state index contributed by atoms with van der Waals surface area (Å²) in [5.41, 5.74) is 8.92. The van der Waals surface area contributed by atoms with Gasteiger partial charge in [-0.05, 0) is 37.1 Å². The van der Waals surface area contributed by atoms with Gasteiger partial charge in [-0.2, -0.15) is 0 Å². The third kappa shape index (κ3) is 5.59. The number of anilines is 1. The number of benzene rings is 2. The number of hydrogen-bond acceptors (Lipinski definition) is 3. The number of aryl methyl sites for hydroxylation is 2. The maximum atomic E-state index is 5.90. The fourth-order valence-corrected chi connectivity index (χ4v) is 2.27. The maximum absolute atomic E-state index is 5.90. The third-order valence-corrected chi connectivity index (χ3v) is 3.40. The summed E-state index contributed by atoms with van der Waals surface area (Å²) in [6, 6.07) is 13.6. The molecular weight excluding hydrogens is 417 g/mol. The van der Waals surface area contributed by atoms with E-state index < -0.39 is 0 Å². The van der Waals surface area contributed by atoms with Crippen molar-refractivity contribution < 1.29 is 9.47 Å². The van der Waals surface area contributed by atoms with Gasteiger partial charge in [0.15, 0.2) is 5.96 Å². The highest BCUT2D eigenvalue weighted by atomic mass is 127. The van der Waals surface area contributed by atoms with Gasteiger partial charge in [0, 0.05) is 0 Å². The Labute approximate surface area is 160 Å². The van der Waals surface area contributed by atoms with Crippen LogP contribution in [0.1, 0.15) is 11.1 Å². The van der Waals surface area contributed by atoms with Gasteiger partial charge in [-0.1, -0.05) is 30.3 Å². The Morgan fingerprint density at radius 3 is 2.42 bits per heavy atom. The van der Waals surface area contributed by atoms with Crippen LogP contribution in [0.2, 0.25) is 0 Å². The third-order valence-electron chi connectivity index (χ3n) is 3.40. The fraction of sp³-hybridized carbons (Fsp3) is 0.278. The summed E-state index contributed by atoms with van der Waals surface area (Å²) in [6.07, 6.45) is 0. The van der Waals surface area contributed by atoms with Crippen molar-refractivity contribution in [1.29, 1.82) is 0 Å². The maximum Gasteiger partial charge on any atom is 0.193 e. The first-order valence-corrected chi connectivity index (χ1v) is 7.51. The lowest BCUT2D eigenvalue weighted by atomic mass is 10.1. The summed E-state index contributed by atoms with van der Waals surface area (Å²) < 4.78 is 11.1. The van der Waals surface area contributed by atoms with Crippen LogP contribution in [0, 0.1) is 13.8 Å². The molecule has 0 atom stereocenters. The molecule has 0 aliphatic carbocycles. The Kier molecular flexibility index (Phi) is 8.39. The predicted molar refractivity (Wildman–Crippen MR) is 110 cm³/mol. The lowest BCUT2D eigenvalue weighted by molar-refractivity contribution is 0.324. The molecule has 2 rings (SSSR count). The summed E-state index contributed by atoms with van der Waals surface area (Å²) in [5, 5.41) is 3.03. The number of nitrogens with one attached hydrogen (secondary N) is 1. The number of para-hydroxylation sites is 3. The van der Waals surface area contributed by atoms with E-state index >= 15 is 0 Å². The van der Waals surface area contributed by atoms with Crippen LogP contribution >= 0.6 is 24.0 Å². The first-order chi connectivity index (χ1) is 11.1. The van der Waals surface area contributed by atoms with Gasteiger partial charge in [-0.25, -0.2) is 4.99 Å². The van der Waals surface area contributed by atoms with Gasteiger partial charge in [0.25, 0.3) is 0 Å². The number of methoxy groups -OCH3 is 1. The van der Waals surface area contributed by atoms with Crippen molar-refractivity contribution in [1.82, 2.24) is 0 Å². The van der Waals surface area contributed by atoms with Crippen LogP contribution in [0.4, 0.5) is 5.69 Å². The molecular formula is C18H24IN3O2. The largest absolute Gasteiger partial charge is 0.495 e. The Hall–Kier alpha value is -1.96. The minimum atomic E-state index is 0. The van der Waals surface area contributed by atoms with E-state index in [1.807, 2.05) is 56.3 Å². The second-order valence-electron chi connectivity index (χ2n) is 5.16. The van der Waals surface area contributed by atoms with Crippen LogP contribution in [0.25, 0.3) is 0 Å². The zero-order valence-corrected chi connectivity index (χ0v) is 16.5. The Morgan fingerprint density at radius 2 is 1.75 bits per heavy atom. The van der Waals surface area contributed by atoms with Crippen molar-refractivity contribution in [3.8, 4) is 11.5 Å². The van der Waals surface area contributed by atoms with Crippen molar-refractivity contribution in [3.05, 3.63) is 53.6 Å². The average molecular weight is 441 g/mol. The molecule has 0 aromatic heterocycles. The molecule has 0 saturated carbocycles. The Bertz CT molecular complexity index is 669. The molecule has 0 unspecified atom stereocenters. The summed E-state index contributed by atoms with van der Waals surface area (Å²) in [4.78, 5) is 4.27. The summed E-state index contributed by atoms with van der Waals surface area (Å²) >= 11 is 0. The number of ether oxygens (including phenoxy) is 2. The van der Waals surface area contributed by atoms with Crippen molar-refractivity contribution in [2.24, 2.45) is 10.7 Å². The molecule has 130 valence electrons. The van der Waals surface area contributed by atoms with E-state index in [9.17, 15) is 0 Å². The molecule has 5 nitrogen and oxygen atoms in total. The minimum Gasteiger partial charge on any atom is -0.495 e. The molecule has 0 aliphatic rings. The van der Waals surface area contributed by atoms with Gasteiger partial charge in [0.1, 0.15) is 18.1 Å². The lowest BCUT2D eigenvalue weighted by Gasteiger charge is -2.12. The highest BCUT2D eigenvalue weighted by Crippen LogP contribution is 2.23. The molecule has 0 bridgehead atoms. The number of halogens is 1. The molecule has 0 saturated heterocycles. The topological polar surface area (TPSA) is 68.9 Å². The Balaban J connectivity index is 0.00000288. The van der Waals surface area contributed by atoms with E-state index in [1.54, 1.807) is 7.11 Å². The van der Waals surface area contributed by atoms with Crippen LogP contribution in [-0.4, -0.2) is 26.2 Å². The van der Waals surface area contributed by atoms with Gasteiger partial charge in [0.05, 0.1) is 19.3 Å². The van der Waals surface area contributed by atoms with Gasteiger partial charge >= 0.3 is 0 Å². The molecule has 0 heterocycles. The molecule has 0 spiro atoms. The molecule has 0 fully saturated rings. The highest BCUT2D eigenvalue weighted by Gasteiger charge is 2.04. The number of guanidine groups is 1. The van der Waals surface area contributed by atoms with Crippen LogP contribution in [0.5, 0.6) is 11.5 Å². The van der Waals surface area contributed by atoms with E-state index in [0.29, 0.717) is 19.1 Å². The summed E-state index contributed by atoms with van der Waals surface area (Å²) in [7, 11) is 1.62. The number of hydrogen-bond donors (Lipinski definition) is 2.